The van der Waals surface area contributed by atoms with E-state index in [4.69, 9.17) is 10.5 Å². The number of unbranched alkanes of at least 4 members (excludes halogenated alkanes) is 1. The Morgan fingerprint density at radius 3 is 2.63 bits per heavy atom. The van der Waals surface area contributed by atoms with Crippen LogP contribution < -0.4 is 10.5 Å². The fourth-order valence-electron chi connectivity index (χ4n) is 1.74. The summed E-state index contributed by atoms with van der Waals surface area (Å²) < 4.78 is 5.58. The van der Waals surface area contributed by atoms with Gasteiger partial charge in [0.25, 0.3) is 0 Å². The molecular formula is C15H24N2O2. The van der Waals surface area contributed by atoms with E-state index in [-0.39, 0.29) is 5.91 Å². The molecule has 106 valence electrons. The number of hydrogen-bond donors (Lipinski definition) is 1. The summed E-state index contributed by atoms with van der Waals surface area (Å²) in [7, 11) is 1.84. The summed E-state index contributed by atoms with van der Waals surface area (Å²) in [6.45, 7) is 2.01. The summed E-state index contributed by atoms with van der Waals surface area (Å²) in [5, 5.41) is 0. The summed E-state index contributed by atoms with van der Waals surface area (Å²) in [6.07, 6.45) is 3.22. The Bertz CT molecular complexity index is 354. The van der Waals surface area contributed by atoms with Crippen LogP contribution in [0, 0.1) is 0 Å². The maximum atomic E-state index is 11.7. The molecule has 1 aromatic rings. The number of carbonyl (C=O) groups is 1. The van der Waals surface area contributed by atoms with Gasteiger partial charge in [-0.3, -0.25) is 4.79 Å². The molecule has 0 unspecified atom stereocenters. The SMILES string of the molecule is CN(CCCOc1ccccc1)C(=O)CCCCN. The Labute approximate surface area is 115 Å². The van der Waals surface area contributed by atoms with Crippen molar-refractivity contribution in [1.29, 1.82) is 0 Å². The predicted molar refractivity (Wildman–Crippen MR) is 77.1 cm³/mol. The quantitative estimate of drug-likeness (QED) is 0.694. The Kier molecular flexibility index (Phi) is 7.66. The summed E-state index contributed by atoms with van der Waals surface area (Å²) in [4.78, 5) is 13.5. The second-order valence-electron chi connectivity index (χ2n) is 4.58. The summed E-state index contributed by atoms with van der Waals surface area (Å²) in [6, 6.07) is 9.72. The second-order valence-corrected chi connectivity index (χ2v) is 4.58. The molecule has 0 saturated heterocycles. The third kappa shape index (κ3) is 6.82. The molecule has 1 amide bonds. The average molecular weight is 264 g/mol. The highest BCUT2D eigenvalue weighted by molar-refractivity contribution is 5.75. The van der Waals surface area contributed by atoms with Crippen molar-refractivity contribution in [3.05, 3.63) is 30.3 Å². The number of carbonyl (C=O) groups excluding carboxylic acids is 1. The standard InChI is InChI=1S/C15H24N2O2/c1-17(15(18)10-5-6-11-16)12-7-13-19-14-8-3-2-4-9-14/h2-4,8-9H,5-7,10-13,16H2,1H3. The van der Waals surface area contributed by atoms with E-state index in [1.807, 2.05) is 37.4 Å². The zero-order chi connectivity index (χ0) is 13.9. The van der Waals surface area contributed by atoms with E-state index in [0.717, 1.165) is 31.6 Å². The number of benzene rings is 1. The number of amides is 1. The van der Waals surface area contributed by atoms with E-state index >= 15 is 0 Å². The van der Waals surface area contributed by atoms with Crippen LogP contribution in [0.5, 0.6) is 5.75 Å². The first-order valence-corrected chi connectivity index (χ1v) is 6.86. The normalized spacial score (nSPS) is 10.2. The zero-order valence-corrected chi connectivity index (χ0v) is 11.7. The van der Waals surface area contributed by atoms with Crippen LogP contribution in [-0.2, 0) is 4.79 Å². The first kappa shape index (κ1) is 15.5. The van der Waals surface area contributed by atoms with Crippen LogP contribution in [0.1, 0.15) is 25.7 Å². The number of nitrogens with two attached hydrogens (primary N) is 1. The van der Waals surface area contributed by atoms with Gasteiger partial charge in [0.05, 0.1) is 6.61 Å². The van der Waals surface area contributed by atoms with Gasteiger partial charge in [-0.2, -0.15) is 0 Å². The fourth-order valence-corrected chi connectivity index (χ4v) is 1.74. The summed E-state index contributed by atoms with van der Waals surface area (Å²) in [5.41, 5.74) is 5.40. The highest BCUT2D eigenvalue weighted by Crippen LogP contribution is 2.08. The lowest BCUT2D eigenvalue weighted by Crippen LogP contribution is -2.28. The molecule has 0 fully saturated rings. The van der Waals surface area contributed by atoms with Crippen LogP contribution in [0.2, 0.25) is 0 Å². The number of nitrogens with zero attached hydrogens (tertiary/aromatic N) is 1. The minimum Gasteiger partial charge on any atom is -0.494 e. The molecule has 4 heteroatoms. The molecule has 1 aromatic carbocycles. The van der Waals surface area contributed by atoms with Gasteiger partial charge >= 0.3 is 0 Å². The van der Waals surface area contributed by atoms with Gasteiger partial charge in [0.2, 0.25) is 5.91 Å². The number of para-hydroxylation sites is 1. The monoisotopic (exact) mass is 264 g/mol. The van der Waals surface area contributed by atoms with Crippen LogP contribution in [0.25, 0.3) is 0 Å². The minimum atomic E-state index is 0.188. The van der Waals surface area contributed by atoms with Crippen molar-refractivity contribution in [3.63, 3.8) is 0 Å². The van der Waals surface area contributed by atoms with Crippen molar-refractivity contribution in [3.8, 4) is 5.75 Å². The maximum Gasteiger partial charge on any atom is 0.222 e. The van der Waals surface area contributed by atoms with Gasteiger partial charge in [-0.1, -0.05) is 18.2 Å². The largest absolute Gasteiger partial charge is 0.494 e. The van der Waals surface area contributed by atoms with Crippen LogP contribution in [0.3, 0.4) is 0 Å². The Morgan fingerprint density at radius 2 is 1.95 bits per heavy atom. The molecule has 0 aliphatic heterocycles. The number of rotatable bonds is 9. The van der Waals surface area contributed by atoms with Gasteiger partial charge in [0.15, 0.2) is 0 Å². The van der Waals surface area contributed by atoms with Crippen LogP contribution in [0.4, 0.5) is 0 Å². The molecular weight excluding hydrogens is 240 g/mol. The minimum absolute atomic E-state index is 0.188. The van der Waals surface area contributed by atoms with E-state index in [9.17, 15) is 4.79 Å². The van der Waals surface area contributed by atoms with Crippen molar-refractivity contribution in [2.24, 2.45) is 5.73 Å². The van der Waals surface area contributed by atoms with Gasteiger partial charge in [-0.05, 0) is 37.9 Å². The number of hydrogen-bond acceptors (Lipinski definition) is 3. The highest BCUT2D eigenvalue weighted by atomic mass is 16.5. The molecule has 0 radical (unpaired) electrons. The second kappa shape index (κ2) is 9.39. The number of ether oxygens (including phenoxy) is 1. The van der Waals surface area contributed by atoms with E-state index < -0.39 is 0 Å². The van der Waals surface area contributed by atoms with Crippen LogP contribution in [-0.4, -0.2) is 37.6 Å². The molecule has 0 aliphatic carbocycles. The van der Waals surface area contributed by atoms with Crippen LogP contribution in [0.15, 0.2) is 30.3 Å². The molecule has 0 aliphatic rings. The van der Waals surface area contributed by atoms with Gasteiger partial charge < -0.3 is 15.4 Å². The average Bonchev–Trinajstić information content (AvgIpc) is 2.44. The van der Waals surface area contributed by atoms with Gasteiger partial charge in [-0.25, -0.2) is 0 Å². The molecule has 0 bridgehead atoms. The Hall–Kier alpha value is -1.55. The van der Waals surface area contributed by atoms with E-state index in [1.165, 1.54) is 0 Å². The molecule has 2 N–H and O–H groups in total. The van der Waals surface area contributed by atoms with Crippen LogP contribution >= 0.6 is 0 Å². The molecule has 0 atom stereocenters. The van der Waals surface area contributed by atoms with E-state index in [1.54, 1.807) is 4.90 Å². The van der Waals surface area contributed by atoms with Crippen molar-refractivity contribution >= 4 is 5.91 Å². The first-order chi connectivity index (χ1) is 9.24. The maximum absolute atomic E-state index is 11.7. The first-order valence-electron chi connectivity index (χ1n) is 6.86. The van der Waals surface area contributed by atoms with E-state index in [0.29, 0.717) is 19.6 Å². The third-order valence-corrected chi connectivity index (χ3v) is 2.92. The molecule has 1 rings (SSSR count). The smallest absolute Gasteiger partial charge is 0.222 e. The van der Waals surface area contributed by atoms with Crippen molar-refractivity contribution in [1.82, 2.24) is 4.90 Å². The predicted octanol–water partition coefficient (Wildman–Crippen LogP) is 2.04. The zero-order valence-electron chi connectivity index (χ0n) is 11.7. The fraction of sp³-hybridized carbons (Fsp3) is 0.533. The molecule has 0 spiro atoms. The molecule has 0 aromatic heterocycles. The van der Waals surface area contributed by atoms with Gasteiger partial charge in [0, 0.05) is 20.0 Å². The van der Waals surface area contributed by atoms with Gasteiger partial charge in [0.1, 0.15) is 5.75 Å². The highest BCUT2D eigenvalue weighted by Gasteiger charge is 2.07. The lowest BCUT2D eigenvalue weighted by molar-refractivity contribution is -0.130. The lowest BCUT2D eigenvalue weighted by atomic mass is 10.2. The summed E-state index contributed by atoms with van der Waals surface area (Å²) >= 11 is 0. The lowest BCUT2D eigenvalue weighted by Gasteiger charge is -2.17. The Morgan fingerprint density at radius 1 is 1.21 bits per heavy atom. The molecule has 19 heavy (non-hydrogen) atoms. The third-order valence-electron chi connectivity index (χ3n) is 2.92. The van der Waals surface area contributed by atoms with Crippen molar-refractivity contribution < 1.29 is 9.53 Å². The topological polar surface area (TPSA) is 55.6 Å². The van der Waals surface area contributed by atoms with Crippen molar-refractivity contribution in [2.45, 2.75) is 25.7 Å². The Balaban J connectivity index is 2.09. The molecule has 4 nitrogen and oxygen atoms in total. The van der Waals surface area contributed by atoms with E-state index in [2.05, 4.69) is 0 Å². The summed E-state index contributed by atoms with van der Waals surface area (Å²) in [5.74, 6) is 1.06. The van der Waals surface area contributed by atoms with Gasteiger partial charge in [-0.15, -0.1) is 0 Å². The van der Waals surface area contributed by atoms with Crippen molar-refractivity contribution in [2.75, 3.05) is 26.7 Å². The molecule has 0 heterocycles. The molecule has 0 saturated carbocycles.